The molecule has 1 aromatic heterocycles. The SMILES string of the molecule is CN=C(NCC1CCN(CCOC)CC1)NCC(c1ccco1)N1CCCCC1.I. The molecule has 8 heteroatoms. The maximum atomic E-state index is 5.75. The third-order valence-corrected chi connectivity index (χ3v) is 6.27. The first kappa shape index (κ1) is 25.4. The minimum absolute atomic E-state index is 0. The van der Waals surface area contributed by atoms with E-state index < -0.39 is 0 Å². The van der Waals surface area contributed by atoms with Crippen molar-refractivity contribution in [3.05, 3.63) is 24.2 Å². The summed E-state index contributed by atoms with van der Waals surface area (Å²) in [5, 5.41) is 7.09. The molecule has 0 spiro atoms. The second-order valence-corrected chi connectivity index (χ2v) is 8.24. The standard InChI is InChI=1S/C22H39N5O2.HI/c1-23-22(24-17-19-8-12-26(13-9-19)14-16-28-2)25-18-20(21-7-6-15-29-21)27-10-4-3-5-11-27;/h6-7,15,19-20H,3-5,8-14,16-18H2,1-2H3,(H2,23,24,25);1H. The Hall–Kier alpha value is -0.840. The highest BCUT2D eigenvalue weighted by molar-refractivity contribution is 14.0. The first-order valence-corrected chi connectivity index (χ1v) is 11.2. The number of piperidine rings is 2. The first-order valence-electron chi connectivity index (χ1n) is 11.2. The molecule has 3 heterocycles. The minimum Gasteiger partial charge on any atom is -0.468 e. The van der Waals surface area contributed by atoms with Crippen molar-refractivity contribution in [3.8, 4) is 0 Å². The Morgan fingerprint density at radius 3 is 2.60 bits per heavy atom. The average molecular weight is 533 g/mol. The van der Waals surface area contributed by atoms with Gasteiger partial charge in [0.1, 0.15) is 5.76 Å². The summed E-state index contributed by atoms with van der Waals surface area (Å²) in [5.41, 5.74) is 0. The first-order chi connectivity index (χ1) is 14.3. The summed E-state index contributed by atoms with van der Waals surface area (Å²) in [6.07, 6.45) is 8.12. The van der Waals surface area contributed by atoms with E-state index in [0.717, 1.165) is 64.1 Å². The number of furan rings is 1. The molecule has 2 aliphatic heterocycles. The van der Waals surface area contributed by atoms with Crippen LogP contribution in [0.5, 0.6) is 0 Å². The van der Waals surface area contributed by atoms with Gasteiger partial charge in [-0.1, -0.05) is 6.42 Å². The van der Waals surface area contributed by atoms with Crippen LogP contribution < -0.4 is 10.6 Å². The van der Waals surface area contributed by atoms with Gasteiger partial charge in [0.05, 0.1) is 18.9 Å². The largest absolute Gasteiger partial charge is 0.468 e. The number of nitrogens with zero attached hydrogens (tertiary/aromatic N) is 3. The van der Waals surface area contributed by atoms with Crippen LogP contribution in [0.2, 0.25) is 0 Å². The molecule has 0 radical (unpaired) electrons. The second kappa shape index (κ2) is 14.3. The number of guanidine groups is 1. The van der Waals surface area contributed by atoms with Gasteiger partial charge in [-0.15, -0.1) is 24.0 Å². The van der Waals surface area contributed by atoms with Gasteiger partial charge in [0, 0.05) is 33.8 Å². The highest BCUT2D eigenvalue weighted by Crippen LogP contribution is 2.24. The lowest BCUT2D eigenvalue weighted by molar-refractivity contribution is 0.120. The van der Waals surface area contributed by atoms with E-state index in [-0.39, 0.29) is 30.0 Å². The molecule has 2 fully saturated rings. The number of hydrogen-bond acceptors (Lipinski definition) is 5. The van der Waals surface area contributed by atoms with Crippen molar-refractivity contribution < 1.29 is 9.15 Å². The van der Waals surface area contributed by atoms with Gasteiger partial charge in [0.15, 0.2) is 5.96 Å². The van der Waals surface area contributed by atoms with Crippen LogP contribution in [0.15, 0.2) is 27.8 Å². The molecule has 3 rings (SSSR count). The maximum Gasteiger partial charge on any atom is 0.191 e. The predicted molar refractivity (Wildman–Crippen MR) is 133 cm³/mol. The van der Waals surface area contributed by atoms with Crippen LogP contribution in [-0.4, -0.2) is 82.3 Å². The molecule has 0 bridgehead atoms. The zero-order valence-corrected chi connectivity index (χ0v) is 21.0. The molecule has 0 aliphatic carbocycles. The third kappa shape index (κ3) is 8.01. The smallest absolute Gasteiger partial charge is 0.191 e. The number of methoxy groups -OCH3 is 1. The van der Waals surface area contributed by atoms with Crippen molar-refractivity contribution >= 4 is 29.9 Å². The van der Waals surface area contributed by atoms with Crippen molar-refractivity contribution in [1.82, 2.24) is 20.4 Å². The zero-order chi connectivity index (χ0) is 20.3. The fourth-order valence-corrected chi connectivity index (χ4v) is 4.41. The Morgan fingerprint density at radius 2 is 1.97 bits per heavy atom. The Bertz CT molecular complexity index is 584. The van der Waals surface area contributed by atoms with Gasteiger partial charge < -0.3 is 24.7 Å². The number of halogens is 1. The van der Waals surface area contributed by atoms with E-state index >= 15 is 0 Å². The number of aliphatic imine (C=N–C) groups is 1. The maximum absolute atomic E-state index is 5.75. The summed E-state index contributed by atoms with van der Waals surface area (Å²) >= 11 is 0. The van der Waals surface area contributed by atoms with E-state index in [1.807, 2.05) is 13.1 Å². The monoisotopic (exact) mass is 533 g/mol. The van der Waals surface area contributed by atoms with E-state index in [0.29, 0.717) is 5.92 Å². The topological polar surface area (TPSA) is 65.3 Å². The minimum atomic E-state index is 0. The third-order valence-electron chi connectivity index (χ3n) is 6.27. The van der Waals surface area contributed by atoms with Gasteiger partial charge in [0.2, 0.25) is 0 Å². The molecule has 1 aromatic rings. The van der Waals surface area contributed by atoms with Gasteiger partial charge in [-0.05, 0) is 69.9 Å². The molecule has 30 heavy (non-hydrogen) atoms. The average Bonchev–Trinajstić information content (AvgIpc) is 3.30. The lowest BCUT2D eigenvalue weighted by Crippen LogP contribution is -2.46. The Balaban J connectivity index is 0.00000320. The van der Waals surface area contributed by atoms with Gasteiger partial charge in [-0.2, -0.15) is 0 Å². The van der Waals surface area contributed by atoms with E-state index in [2.05, 4.69) is 31.5 Å². The second-order valence-electron chi connectivity index (χ2n) is 8.24. The summed E-state index contributed by atoms with van der Waals surface area (Å²) < 4.78 is 10.9. The van der Waals surface area contributed by atoms with Crippen LogP contribution >= 0.6 is 24.0 Å². The molecule has 2 saturated heterocycles. The molecule has 2 aliphatic rings. The van der Waals surface area contributed by atoms with Crippen molar-refractivity contribution in [2.75, 3.05) is 66.6 Å². The predicted octanol–water partition coefficient (Wildman–Crippen LogP) is 2.95. The molecule has 1 unspecified atom stereocenters. The number of likely N-dealkylation sites (tertiary alicyclic amines) is 2. The highest BCUT2D eigenvalue weighted by atomic mass is 127. The number of rotatable bonds is 9. The molecule has 0 aromatic carbocycles. The van der Waals surface area contributed by atoms with Gasteiger partial charge in [0.25, 0.3) is 0 Å². The molecule has 172 valence electrons. The Kier molecular flexibility index (Phi) is 12.1. The number of hydrogen-bond donors (Lipinski definition) is 2. The van der Waals surface area contributed by atoms with Crippen LogP contribution in [0.1, 0.15) is 43.9 Å². The van der Waals surface area contributed by atoms with Crippen LogP contribution in [-0.2, 0) is 4.74 Å². The normalized spacial score (nSPS) is 20.5. The van der Waals surface area contributed by atoms with E-state index in [1.54, 1.807) is 13.4 Å². The zero-order valence-electron chi connectivity index (χ0n) is 18.6. The van der Waals surface area contributed by atoms with Crippen molar-refractivity contribution in [3.63, 3.8) is 0 Å². The number of nitrogens with one attached hydrogen (secondary N) is 2. The van der Waals surface area contributed by atoms with E-state index in [4.69, 9.17) is 9.15 Å². The summed E-state index contributed by atoms with van der Waals surface area (Å²) in [5.74, 6) is 2.63. The summed E-state index contributed by atoms with van der Waals surface area (Å²) in [6, 6.07) is 4.33. The van der Waals surface area contributed by atoms with Gasteiger partial charge >= 0.3 is 0 Å². The highest BCUT2D eigenvalue weighted by Gasteiger charge is 2.25. The molecule has 1 atom stereocenters. The van der Waals surface area contributed by atoms with Gasteiger partial charge in [-0.3, -0.25) is 9.89 Å². The van der Waals surface area contributed by atoms with Gasteiger partial charge in [-0.25, -0.2) is 0 Å². The van der Waals surface area contributed by atoms with E-state index in [1.165, 1.54) is 32.1 Å². The van der Waals surface area contributed by atoms with Crippen molar-refractivity contribution in [2.24, 2.45) is 10.9 Å². The van der Waals surface area contributed by atoms with Crippen LogP contribution in [0.3, 0.4) is 0 Å². The lowest BCUT2D eigenvalue weighted by atomic mass is 9.97. The fourth-order valence-electron chi connectivity index (χ4n) is 4.41. The van der Waals surface area contributed by atoms with Crippen molar-refractivity contribution in [2.45, 2.75) is 38.1 Å². The Labute approximate surface area is 199 Å². The van der Waals surface area contributed by atoms with Crippen molar-refractivity contribution in [1.29, 1.82) is 0 Å². The summed E-state index contributed by atoms with van der Waals surface area (Å²) in [6.45, 7) is 8.27. The molecular formula is C22H40IN5O2. The van der Waals surface area contributed by atoms with Crippen LogP contribution in [0.4, 0.5) is 0 Å². The van der Waals surface area contributed by atoms with Crippen LogP contribution in [0.25, 0.3) is 0 Å². The van der Waals surface area contributed by atoms with Crippen LogP contribution in [0, 0.1) is 5.92 Å². The summed E-state index contributed by atoms with van der Waals surface area (Å²) in [4.78, 5) is 9.48. The Morgan fingerprint density at radius 1 is 1.20 bits per heavy atom. The molecule has 0 amide bonds. The lowest BCUT2D eigenvalue weighted by Gasteiger charge is -2.34. The number of ether oxygens (including phenoxy) is 1. The van der Waals surface area contributed by atoms with E-state index in [9.17, 15) is 0 Å². The fraction of sp³-hybridized carbons (Fsp3) is 0.773. The quantitative estimate of drug-likeness (QED) is 0.289. The molecular weight excluding hydrogens is 493 g/mol. The molecule has 2 N–H and O–H groups in total. The molecule has 7 nitrogen and oxygen atoms in total. The summed E-state index contributed by atoms with van der Waals surface area (Å²) in [7, 11) is 3.63. The molecule has 0 saturated carbocycles.